The number of hydrogen-bond acceptors (Lipinski definition) is 3. The Bertz CT molecular complexity index is 596. The van der Waals surface area contributed by atoms with Crippen LogP contribution in [-0.4, -0.2) is 19.5 Å². The van der Waals surface area contributed by atoms with Crippen molar-refractivity contribution in [3.8, 4) is 5.82 Å². The average Bonchev–Trinajstić information content (AvgIpc) is 2.79. The Morgan fingerprint density at radius 3 is 2.53 bits per heavy atom. The molecule has 0 unspecified atom stereocenters. The van der Waals surface area contributed by atoms with Crippen molar-refractivity contribution in [2.24, 2.45) is 0 Å². The molecule has 0 atom stereocenters. The molecule has 0 saturated carbocycles. The SMILES string of the molecule is CCc1nccn1-c1nc(C(C)(C)C)nc(Cl)c1C. The monoisotopic (exact) mass is 278 g/mol. The summed E-state index contributed by atoms with van der Waals surface area (Å²) in [6.07, 6.45) is 4.54. The summed E-state index contributed by atoms with van der Waals surface area (Å²) in [6, 6.07) is 0. The number of rotatable bonds is 2. The molecule has 5 heteroatoms. The number of aryl methyl sites for hydroxylation is 1. The largest absolute Gasteiger partial charge is 0.288 e. The summed E-state index contributed by atoms with van der Waals surface area (Å²) in [7, 11) is 0. The van der Waals surface area contributed by atoms with Crippen LogP contribution in [0.15, 0.2) is 12.4 Å². The highest BCUT2D eigenvalue weighted by molar-refractivity contribution is 6.30. The zero-order valence-electron chi connectivity index (χ0n) is 12.0. The van der Waals surface area contributed by atoms with E-state index < -0.39 is 0 Å². The second-order valence-corrected chi connectivity index (χ2v) is 5.96. The molecule has 0 aliphatic heterocycles. The Labute approximate surface area is 118 Å². The predicted octanol–water partition coefficient (Wildman–Crippen LogP) is 3.48. The van der Waals surface area contributed by atoms with Crippen molar-refractivity contribution < 1.29 is 0 Å². The Kier molecular flexibility index (Phi) is 3.63. The van der Waals surface area contributed by atoms with Gasteiger partial charge in [-0.05, 0) is 6.92 Å². The molecule has 102 valence electrons. The number of nitrogens with zero attached hydrogens (tertiary/aromatic N) is 4. The van der Waals surface area contributed by atoms with Crippen LogP contribution in [0.1, 0.15) is 44.9 Å². The van der Waals surface area contributed by atoms with Gasteiger partial charge in [0.2, 0.25) is 0 Å². The Morgan fingerprint density at radius 1 is 1.26 bits per heavy atom. The molecule has 0 aliphatic carbocycles. The molecule has 0 N–H and O–H groups in total. The van der Waals surface area contributed by atoms with Crippen LogP contribution in [0.3, 0.4) is 0 Å². The van der Waals surface area contributed by atoms with Crippen molar-refractivity contribution in [3.63, 3.8) is 0 Å². The van der Waals surface area contributed by atoms with Crippen LogP contribution in [0.5, 0.6) is 0 Å². The van der Waals surface area contributed by atoms with Gasteiger partial charge in [0.25, 0.3) is 0 Å². The van der Waals surface area contributed by atoms with Crippen molar-refractivity contribution in [2.75, 3.05) is 0 Å². The fourth-order valence-electron chi connectivity index (χ4n) is 1.84. The fourth-order valence-corrected chi connectivity index (χ4v) is 2.00. The van der Waals surface area contributed by atoms with Gasteiger partial charge in [-0.3, -0.25) is 4.57 Å². The maximum Gasteiger partial charge on any atom is 0.146 e. The third-order valence-electron chi connectivity index (χ3n) is 2.99. The van der Waals surface area contributed by atoms with Gasteiger partial charge in [0.1, 0.15) is 22.6 Å². The molecule has 0 spiro atoms. The van der Waals surface area contributed by atoms with Gasteiger partial charge in [-0.15, -0.1) is 0 Å². The van der Waals surface area contributed by atoms with Crippen molar-refractivity contribution in [1.82, 2.24) is 19.5 Å². The van der Waals surface area contributed by atoms with Gasteiger partial charge in [-0.2, -0.15) is 0 Å². The van der Waals surface area contributed by atoms with Gasteiger partial charge in [0.05, 0.1) is 0 Å². The standard InChI is InChI=1S/C14H19ClN4/c1-6-10-16-7-8-19(10)12-9(2)11(15)17-13(18-12)14(3,4)5/h7-8H,6H2,1-5H3. The van der Waals surface area contributed by atoms with Gasteiger partial charge < -0.3 is 0 Å². The zero-order valence-corrected chi connectivity index (χ0v) is 12.8. The van der Waals surface area contributed by atoms with E-state index in [1.54, 1.807) is 6.20 Å². The molecule has 0 fully saturated rings. The van der Waals surface area contributed by atoms with Crippen molar-refractivity contribution in [1.29, 1.82) is 0 Å². The summed E-state index contributed by atoms with van der Waals surface area (Å²) < 4.78 is 1.98. The Morgan fingerprint density at radius 2 is 1.95 bits per heavy atom. The molecular weight excluding hydrogens is 260 g/mol. The zero-order chi connectivity index (χ0) is 14.2. The van der Waals surface area contributed by atoms with Crippen LogP contribution in [0.4, 0.5) is 0 Å². The van der Waals surface area contributed by atoms with E-state index >= 15 is 0 Å². The van der Waals surface area contributed by atoms with E-state index in [-0.39, 0.29) is 5.41 Å². The molecule has 0 saturated heterocycles. The van der Waals surface area contributed by atoms with Gasteiger partial charge in [0, 0.05) is 29.8 Å². The van der Waals surface area contributed by atoms with E-state index in [9.17, 15) is 0 Å². The Hall–Kier alpha value is -1.42. The molecule has 2 aromatic heterocycles. The topological polar surface area (TPSA) is 43.6 Å². The molecular formula is C14H19ClN4. The van der Waals surface area contributed by atoms with E-state index in [4.69, 9.17) is 11.6 Å². The van der Waals surface area contributed by atoms with E-state index in [2.05, 4.69) is 42.6 Å². The first-order chi connectivity index (χ1) is 8.84. The summed E-state index contributed by atoms with van der Waals surface area (Å²) in [5.74, 6) is 2.53. The van der Waals surface area contributed by atoms with Crippen molar-refractivity contribution >= 4 is 11.6 Å². The third kappa shape index (κ3) is 2.63. The van der Waals surface area contributed by atoms with Crippen LogP contribution < -0.4 is 0 Å². The van der Waals surface area contributed by atoms with Crippen LogP contribution in [0.2, 0.25) is 5.15 Å². The molecule has 0 amide bonds. The highest BCUT2D eigenvalue weighted by atomic mass is 35.5. The van der Waals surface area contributed by atoms with Crippen LogP contribution in [0.25, 0.3) is 5.82 Å². The minimum atomic E-state index is -0.140. The molecule has 2 aromatic rings. The van der Waals surface area contributed by atoms with E-state index in [1.807, 2.05) is 17.7 Å². The van der Waals surface area contributed by atoms with E-state index in [0.717, 1.165) is 29.5 Å². The normalized spacial score (nSPS) is 11.9. The van der Waals surface area contributed by atoms with Gasteiger partial charge in [-0.1, -0.05) is 39.3 Å². The Balaban J connectivity index is 2.66. The first-order valence-corrected chi connectivity index (χ1v) is 6.79. The number of halogens is 1. The molecule has 0 radical (unpaired) electrons. The second-order valence-electron chi connectivity index (χ2n) is 5.60. The van der Waals surface area contributed by atoms with Crippen molar-refractivity contribution in [2.45, 2.75) is 46.5 Å². The van der Waals surface area contributed by atoms with E-state index in [0.29, 0.717) is 5.15 Å². The lowest BCUT2D eigenvalue weighted by Gasteiger charge is -2.19. The number of imidazole rings is 1. The molecule has 19 heavy (non-hydrogen) atoms. The highest BCUT2D eigenvalue weighted by Gasteiger charge is 2.21. The highest BCUT2D eigenvalue weighted by Crippen LogP contribution is 2.26. The van der Waals surface area contributed by atoms with Gasteiger partial charge in [0.15, 0.2) is 0 Å². The molecule has 0 bridgehead atoms. The first-order valence-electron chi connectivity index (χ1n) is 6.41. The first kappa shape index (κ1) is 14.0. The smallest absolute Gasteiger partial charge is 0.146 e. The molecule has 0 aromatic carbocycles. The van der Waals surface area contributed by atoms with Crippen LogP contribution in [-0.2, 0) is 11.8 Å². The summed E-state index contributed by atoms with van der Waals surface area (Å²) in [5, 5.41) is 0.505. The summed E-state index contributed by atoms with van der Waals surface area (Å²) in [6.45, 7) is 10.2. The maximum absolute atomic E-state index is 6.25. The second kappa shape index (κ2) is 4.93. The molecule has 2 rings (SSSR count). The maximum atomic E-state index is 6.25. The van der Waals surface area contributed by atoms with Gasteiger partial charge in [-0.25, -0.2) is 15.0 Å². The van der Waals surface area contributed by atoms with Crippen LogP contribution in [0, 0.1) is 6.92 Å². The summed E-state index contributed by atoms with van der Waals surface area (Å²) in [5.41, 5.74) is 0.737. The molecule has 4 nitrogen and oxygen atoms in total. The number of aromatic nitrogens is 4. The minimum absolute atomic E-state index is 0.140. The number of hydrogen-bond donors (Lipinski definition) is 0. The van der Waals surface area contributed by atoms with Crippen molar-refractivity contribution in [3.05, 3.63) is 34.8 Å². The molecule has 2 heterocycles. The lowest BCUT2D eigenvalue weighted by Crippen LogP contribution is -2.19. The van der Waals surface area contributed by atoms with Crippen LogP contribution >= 0.6 is 11.6 Å². The fraction of sp³-hybridized carbons (Fsp3) is 0.500. The van der Waals surface area contributed by atoms with Gasteiger partial charge >= 0.3 is 0 Å². The summed E-state index contributed by atoms with van der Waals surface area (Å²) >= 11 is 6.25. The lowest BCUT2D eigenvalue weighted by molar-refractivity contribution is 0.542. The predicted molar refractivity (Wildman–Crippen MR) is 77.0 cm³/mol. The quantitative estimate of drug-likeness (QED) is 0.790. The van der Waals surface area contributed by atoms with E-state index in [1.165, 1.54) is 0 Å². The molecule has 0 aliphatic rings. The minimum Gasteiger partial charge on any atom is -0.288 e. The average molecular weight is 279 g/mol. The third-order valence-corrected chi connectivity index (χ3v) is 3.36. The summed E-state index contributed by atoms with van der Waals surface area (Å²) in [4.78, 5) is 13.4. The lowest BCUT2D eigenvalue weighted by atomic mass is 9.95.